The molecule has 0 bridgehead atoms. The molecule has 0 saturated heterocycles. The van der Waals surface area contributed by atoms with Crippen LogP contribution in [0.5, 0.6) is 0 Å². The lowest BCUT2D eigenvalue weighted by Gasteiger charge is -2.43. The zero-order chi connectivity index (χ0) is 20.2. The van der Waals surface area contributed by atoms with Gasteiger partial charge in [-0.1, -0.05) is 99.6 Å². The van der Waals surface area contributed by atoms with Gasteiger partial charge < -0.3 is 4.43 Å². The van der Waals surface area contributed by atoms with E-state index in [0.29, 0.717) is 6.61 Å². The lowest BCUT2D eigenvalue weighted by molar-refractivity contribution is 0.101. The van der Waals surface area contributed by atoms with Crippen LogP contribution in [0, 0.1) is 0 Å². The predicted octanol–water partition coefficient (Wildman–Crippen LogP) is 4.97. The van der Waals surface area contributed by atoms with Crippen molar-refractivity contribution in [2.45, 2.75) is 39.3 Å². The molecule has 3 aromatic rings. The molecule has 3 rings (SSSR count). The van der Waals surface area contributed by atoms with Crippen LogP contribution in [0.1, 0.15) is 43.6 Å². The molecule has 0 aliphatic rings. The first-order chi connectivity index (χ1) is 13.3. The van der Waals surface area contributed by atoms with Crippen LogP contribution in [0.3, 0.4) is 0 Å². The Morgan fingerprint density at radius 2 is 1.36 bits per heavy atom. The summed E-state index contributed by atoms with van der Waals surface area (Å²) in [5.41, 5.74) is 1.75. The lowest BCUT2D eigenvalue weighted by Crippen LogP contribution is -2.66. The van der Waals surface area contributed by atoms with E-state index >= 15 is 0 Å². The Morgan fingerprint density at radius 1 is 0.821 bits per heavy atom. The molecule has 144 valence electrons. The fourth-order valence-corrected chi connectivity index (χ4v) is 8.37. The zero-order valence-corrected chi connectivity index (χ0v) is 18.1. The summed E-state index contributed by atoms with van der Waals surface area (Å²) in [5, 5.41) is 2.46. The molecule has 3 heteroatoms. The molecule has 0 amide bonds. The molecule has 0 radical (unpaired) electrons. The number of carbonyl (C=O) groups is 1. The highest BCUT2D eigenvalue weighted by molar-refractivity contribution is 6.99. The van der Waals surface area contributed by atoms with Crippen molar-refractivity contribution in [1.82, 2.24) is 0 Å². The highest BCUT2D eigenvalue weighted by Gasteiger charge is 2.50. The molecule has 0 aliphatic carbocycles. The van der Waals surface area contributed by atoms with Crippen LogP contribution in [-0.4, -0.2) is 14.1 Å². The molecule has 2 nitrogen and oxygen atoms in total. The predicted molar refractivity (Wildman–Crippen MR) is 119 cm³/mol. The molecule has 0 heterocycles. The second kappa shape index (κ2) is 8.25. The molecule has 0 unspecified atom stereocenters. The first-order valence-electron chi connectivity index (χ1n) is 9.69. The van der Waals surface area contributed by atoms with E-state index in [1.165, 1.54) is 10.4 Å². The fraction of sp³-hybridized carbons (Fsp3) is 0.240. The molecule has 28 heavy (non-hydrogen) atoms. The summed E-state index contributed by atoms with van der Waals surface area (Å²) < 4.78 is 6.91. The zero-order valence-electron chi connectivity index (χ0n) is 17.1. The van der Waals surface area contributed by atoms with Crippen molar-refractivity contribution in [1.29, 1.82) is 0 Å². The first-order valence-corrected chi connectivity index (χ1v) is 11.6. The van der Waals surface area contributed by atoms with E-state index in [2.05, 4.69) is 69.3 Å². The van der Waals surface area contributed by atoms with Crippen LogP contribution in [0.4, 0.5) is 0 Å². The molecule has 3 aromatic carbocycles. The van der Waals surface area contributed by atoms with Crippen LogP contribution in [-0.2, 0) is 11.0 Å². The molecular formula is C25H28O2Si. The minimum Gasteiger partial charge on any atom is -0.403 e. The van der Waals surface area contributed by atoms with E-state index in [0.717, 1.165) is 11.1 Å². The second-order valence-corrected chi connectivity index (χ2v) is 12.5. The van der Waals surface area contributed by atoms with Crippen molar-refractivity contribution in [3.8, 4) is 0 Å². The average molecular weight is 389 g/mol. The molecule has 0 atom stereocenters. The summed E-state index contributed by atoms with van der Waals surface area (Å²) in [7, 11) is -2.56. The van der Waals surface area contributed by atoms with Crippen molar-refractivity contribution in [3.05, 3.63) is 96.1 Å². The normalized spacial score (nSPS) is 12.0. The van der Waals surface area contributed by atoms with Crippen molar-refractivity contribution < 1.29 is 9.22 Å². The van der Waals surface area contributed by atoms with Crippen molar-refractivity contribution in [3.63, 3.8) is 0 Å². The Kier molecular flexibility index (Phi) is 5.97. The van der Waals surface area contributed by atoms with E-state index in [-0.39, 0.29) is 10.8 Å². The highest BCUT2D eigenvalue weighted by Crippen LogP contribution is 2.37. The minimum absolute atomic E-state index is 0.0616. The average Bonchev–Trinajstić information content (AvgIpc) is 2.69. The van der Waals surface area contributed by atoms with Gasteiger partial charge in [0.05, 0.1) is 6.61 Å². The molecule has 0 fully saturated rings. The van der Waals surface area contributed by atoms with Crippen molar-refractivity contribution in [2.75, 3.05) is 0 Å². The molecule has 0 saturated carbocycles. The van der Waals surface area contributed by atoms with Crippen LogP contribution in [0.25, 0.3) is 0 Å². The number of carbonyl (C=O) groups excluding carboxylic acids is 1. The van der Waals surface area contributed by atoms with Gasteiger partial charge in [0.25, 0.3) is 8.32 Å². The van der Waals surface area contributed by atoms with Gasteiger partial charge in [-0.15, -0.1) is 0 Å². The van der Waals surface area contributed by atoms with Crippen LogP contribution < -0.4 is 10.4 Å². The van der Waals surface area contributed by atoms with Gasteiger partial charge in [-0.05, 0) is 34.0 Å². The largest absolute Gasteiger partial charge is 0.403 e. The topological polar surface area (TPSA) is 26.3 Å². The van der Waals surface area contributed by atoms with Crippen LogP contribution >= 0.6 is 0 Å². The summed E-state index contributed by atoms with van der Waals surface area (Å²) >= 11 is 0. The van der Waals surface area contributed by atoms with E-state index in [1.54, 1.807) is 6.92 Å². The maximum Gasteiger partial charge on any atom is 0.261 e. The summed E-state index contributed by atoms with van der Waals surface area (Å²) in [6, 6.07) is 29.0. The Bertz CT molecular complexity index is 888. The number of ketones is 1. The van der Waals surface area contributed by atoms with Crippen molar-refractivity contribution in [2.24, 2.45) is 0 Å². The number of rotatable bonds is 6. The fourth-order valence-electron chi connectivity index (χ4n) is 3.83. The van der Waals surface area contributed by atoms with E-state index in [1.807, 2.05) is 36.4 Å². The summed E-state index contributed by atoms with van der Waals surface area (Å²) in [6.45, 7) is 8.89. The number of Topliss-reactive ketones (excluding diaryl/α,β-unsaturated/α-hetero) is 1. The number of hydrogen-bond acceptors (Lipinski definition) is 2. The smallest absolute Gasteiger partial charge is 0.261 e. The van der Waals surface area contributed by atoms with Gasteiger partial charge in [-0.2, -0.15) is 0 Å². The van der Waals surface area contributed by atoms with Gasteiger partial charge in [0, 0.05) is 5.56 Å². The second-order valence-electron chi connectivity index (χ2n) is 8.21. The minimum atomic E-state index is -2.56. The summed E-state index contributed by atoms with van der Waals surface area (Å²) in [6.07, 6.45) is 0. The van der Waals surface area contributed by atoms with Gasteiger partial charge in [0.1, 0.15) is 0 Å². The number of hydrogen-bond donors (Lipinski definition) is 0. The van der Waals surface area contributed by atoms with Crippen molar-refractivity contribution >= 4 is 24.5 Å². The maximum absolute atomic E-state index is 11.8. The Morgan fingerprint density at radius 3 is 1.82 bits per heavy atom. The SMILES string of the molecule is CC(=O)c1cccc(CO[Si](c2ccccc2)(c2ccccc2)C(C)(C)C)c1. The van der Waals surface area contributed by atoms with E-state index in [9.17, 15) is 4.79 Å². The first kappa shape index (κ1) is 20.2. The lowest BCUT2D eigenvalue weighted by atomic mass is 10.1. The molecule has 0 aromatic heterocycles. The van der Waals surface area contributed by atoms with Gasteiger partial charge in [0.15, 0.2) is 5.78 Å². The van der Waals surface area contributed by atoms with Gasteiger partial charge >= 0.3 is 0 Å². The number of benzene rings is 3. The van der Waals surface area contributed by atoms with Crippen LogP contribution in [0.15, 0.2) is 84.9 Å². The third kappa shape index (κ3) is 4.01. The van der Waals surface area contributed by atoms with Gasteiger partial charge in [-0.25, -0.2) is 0 Å². The third-order valence-corrected chi connectivity index (χ3v) is 10.2. The van der Waals surface area contributed by atoms with Crippen LogP contribution in [0.2, 0.25) is 5.04 Å². The summed E-state index contributed by atoms with van der Waals surface area (Å²) in [5.74, 6) is 0.0762. The Balaban J connectivity index is 2.09. The maximum atomic E-state index is 11.8. The molecule has 0 N–H and O–H groups in total. The van der Waals surface area contributed by atoms with E-state index < -0.39 is 8.32 Å². The molecular weight excluding hydrogens is 360 g/mol. The van der Waals surface area contributed by atoms with E-state index in [4.69, 9.17) is 4.43 Å². The third-order valence-electron chi connectivity index (χ3n) is 5.21. The standard InChI is InChI=1S/C25H28O2Si/c1-20(26)22-13-11-12-21(18-22)19-27-28(25(2,3)4,23-14-7-5-8-15-23)24-16-9-6-10-17-24/h5-18H,19H2,1-4H3. The van der Waals surface area contributed by atoms with Gasteiger partial charge in [-0.3, -0.25) is 4.79 Å². The Hall–Kier alpha value is -2.49. The van der Waals surface area contributed by atoms with Gasteiger partial charge in [0.2, 0.25) is 0 Å². The highest BCUT2D eigenvalue weighted by atomic mass is 28.4. The summed E-state index contributed by atoms with van der Waals surface area (Å²) in [4.78, 5) is 11.8. The molecule has 0 spiro atoms. The monoisotopic (exact) mass is 388 g/mol. The molecule has 0 aliphatic heterocycles. The quantitative estimate of drug-likeness (QED) is 0.440. The Labute approximate surface area is 169 Å².